The predicted molar refractivity (Wildman–Crippen MR) is 538 cm³/mol. The van der Waals surface area contributed by atoms with Crippen LogP contribution in [0.1, 0.15) is 292 Å². The number of rotatable bonds is 10. The molecule has 0 atom stereocenters. The summed E-state index contributed by atoms with van der Waals surface area (Å²) < 4.78 is 88.0. The highest BCUT2D eigenvalue weighted by Crippen LogP contribution is 2.41. The van der Waals surface area contributed by atoms with Crippen molar-refractivity contribution in [1.29, 1.82) is 5.26 Å². The predicted octanol–water partition coefficient (Wildman–Crippen LogP) is 30.9. The number of para-hydroxylation sites is 6. The Hall–Kier alpha value is -9.77. The molecule has 0 amide bonds. The number of ether oxygens (including phenoxy) is 5. The van der Waals surface area contributed by atoms with Crippen molar-refractivity contribution in [3.63, 3.8) is 0 Å². The van der Waals surface area contributed by atoms with E-state index in [1.165, 1.54) is 44.2 Å². The van der Waals surface area contributed by atoms with Crippen molar-refractivity contribution >= 4 is 22.7 Å². The van der Waals surface area contributed by atoms with Gasteiger partial charge in [0, 0.05) is 105 Å². The van der Waals surface area contributed by atoms with Crippen LogP contribution in [-0.4, -0.2) is 84.7 Å². The fourth-order valence-corrected chi connectivity index (χ4v) is 11.8. The molecule has 9 aromatic rings. The zero-order valence-electron chi connectivity index (χ0n) is 82.6. The Balaban J connectivity index is -0.000000259. The van der Waals surface area contributed by atoms with Gasteiger partial charge in [0.15, 0.2) is 0 Å². The highest BCUT2D eigenvalue weighted by molar-refractivity contribution is 5.69. The molecule has 10 heteroatoms. The van der Waals surface area contributed by atoms with Gasteiger partial charge in [-0.05, 0) is 156 Å². The van der Waals surface area contributed by atoms with Crippen LogP contribution < -0.4 is 43.3 Å². The van der Waals surface area contributed by atoms with Crippen molar-refractivity contribution in [3.05, 3.63) is 262 Å². The van der Waals surface area contributed by atoms with Crippen LogP contribution in [-0.2, 0) is 43.3 Å². The summed E-state index contributed by atoms with van der Waals surface area (Å²) in [5.74, 6) is 6.63. The summed E-state index contributed by atoms with van der Waals surface area (Å²) in [6.07, 6.45) is 5.33. The summed E-state index contributed by atoms with van der Waals surface area (Å²) in [5.41, 5.74) is 16.1. The van der Waals surface area contributed by atoms with Crippen LogP contribution in [0.5, 0.6) is 34.5 Å². The molecule has 0 saturated carbocycles. The van der Waals surface area contributed by atoms with Crippen molar-refractivity contribution in [2.45, 2.75) is 269 Å². The molecule has 0 heterocycles. The van der Waals surface area contributed by atoms with Crippen LogP contribution in [0.25, 0.3) is 0 Å². The first-order chi connectivity index (χ1) is 54.5. The summed E-state index contributed by atoms with van der Waals surface area (Å²) in [5, 5.41) is 8.83. The lowest BCUT2D eigenvalue weighted by molar-refractivity contribution is 0.367. The van der Waals surface area contributed by atoms with E-state index >= 15 is 0 Å². The minimum absolute atomic E-state index is 0. The first-order valence-corrected chi connectivity index (χ1v) is 38.0. The van der Waals surface area contributed by atoms with E-state index in [4.69, 9.17) is 46.3 Å². The van der Waals surface area contributed by atoms with E-state index < -0.39 is 25.1 Å². The highest BCUT2D eigenvalue weighted by Gasteiger charge is 2.27. The normalized spacial score (nSPS) is 11.5. The largest absolute Gasteiger partial charge is 0.496 e. The lowest BCUT2D eigenvalue weighted by atomic mass is 9.84. The van der Waals surface area contributed by atoms with Gasteiger partial charge in [0.25, 0.3) is 0 Å². The van der Waals surface area contributed by atoms with Crippen molar-refractivity contribution in [2.75, 3.05) is 104 Å². The Kier molecular flexibility index (Phi) is 48.1. The third-order valence-corrected chi connectivity index (χ3v) is 17.5. The van der Waals surface area contributed by atoms with Gasteiger partial charge in [0.05, 0.1) is 46.9 Å². The fourth-order valence-electron chi connectivity index (χ4n) is 11.8. The molecule has 0 radical (unpaired) electrons. The molecule has 9 aromatic carbocycles. The highest BCUT2D eigenvalue weighted by atomic mass is 16.5. The molecule has 119 heavy (non-hydrogen) atoms. The molecule has 0 aliphatic heterocycles. The number of anilines is 4. The van der Waals surface area contributed by atoms with Gasteiger partial charge in [0.1, 0.15) is 34.5 Å². The lowest BCUT2D eigenvalue weighted by Crippen LogP contribution is -2.23. The van der Waals surface area contributed by atoms with Crippen molar-refractivity contribution in [2.24, 2.45) is 0 Å². The second-order valence-electron chi connectivity index (χ2n) is 36.0. The topological polar surface area (TPSA) is 82.9 Å². The fraction of sp³-hybridized carbons (Fsp3) is 0.477. The number of benzene rings is 9. The first kappa shape index (κ1) is 105. The number of nitriles is 1. The van der Waals surface area contributed by atoms with E-state index in [0.29, 0.717) is 11.3 Å². The van der Waals surface area contributed by atoms with Gasteiger partial charge >= 0.3 is 0 Å². The van der Waals surface area contributed by atoms with Crippen LogP contribution >= 0.6 is 0 Å². The third-order valence-electron chi connectivity index (χ3n) is 17.5. The second kappa shape index (κ2) is 54.4. The van der Waals surface area contributed by atoms with Crippen LogP contribution in [0.4, 0.5) is 22.7 Å². The summed E-state index contributed by atoms with van der Waals surface area (Å²) in [6.45, 7) is 49.6. The average Bonchev–Trinajstić information content (AvgIpc) is 0.779. The number of hydrogen-bond donors (Lipinski definition) is 0. The van der Waals surface area contributed by atoms with Crippen LogP contribution in [0.2, 0.25) is 0 Å². The Labute approximate surface area is 746 Å². The molecular weight excluding hydrogens is 1460 g/mol. The summed E-state index contributed by atoms with van der Waals surface area (Å²) in [4.78, 5) is 7.90. The monoisotopic (exact) mass is 1640 g/mol. The van der Waals surface area contributed by atoms with Gasteiger partial charge in [-0.2, -0.15) is 5.26 Å². The standard InChI is InChI=1S/C16H18O.C14H24N2.C13H13N.2C12H19N.C12H18O2.2C11H16O.8CH4/c1-16(2,3)14-11-7-8-12-15(14)17-13-9-5-4-6-10-13;1-14(2,3)13-11(15(4)5)9-8-10-12(13)16(6)7;1-5-10-6-11(9-14)8-12(7-10)13(2,3)4;2*1-12(2,3)10-8-6-7-9-11(10)13(4)5;1-12(2,3)11-9(13-4)7-6-8-10(11)14-5;2*1-11(2,3)9-7-5-6-8-10(9)12-4;;;;;;;;/h4-12H,1-3H3;8-10H,1-7H3;1,6-8H,2-4H3;2*6-9H,1-5H3;6-8H,1-5H3;2*5-8H,1-4H3;8*1H4/i4D,5D,6D,9D,10D;;;4D3;;;;;;;;;;;;. The molecule has 0 aromatic heterocycles. The maximum absolute atomic E-state index is 8.83. The molecule has 0 spiro atoms. The van der Waals surface area contributed by atoms with Crippen LogP contribution in [0.3, 0.4) is 0 Å². The van der Waals surface area contributed by atoms with Gasteiger partial charge in [-0.15, -0.1) is 6.42 Å². The third kappa shape index (κ3) is 40.7. The summed E-state index contributed by atoms with van der Waals surface area (Å²) in [6, 6.07) is 58.0. The smallest absolute Gasteiger partial charge is 0.131 e. The van der Waals surface area contributed by atoms with Gasteiger partial charge in [-0.1, -0.05) is 353 Å². The SMILES string of the molecule is C.C.C.C.C.C.C.C.C#Cc1cc(C#N)cc(C(C)(C)C)c1.CN(C)c1cccc(N(C)C)c1C(C)(C)C.CN(C)c1ccccc1C(C)(C)C.COc1cccc(OC)c1C(C)(C)C.COc1ccccc1C(C)(C)C.COc1ccccc1C(C)(C)C.[2H]C([2H])([2H])N(C)c1ccccc1C(C)(C)C.[2H]c1c([2H])c([2H])c(Oc2ccccc2C(C)(C)C)c([2H])c1[2H]. The molecule has 0 aliphatic carbocycles. The lowest BCUT2D eigenvalue weighted by Gasteiger charge is -2.31. The van der Waals surface area contributed by atoms with E-state index in [2.05, 4.69) is 269 Å². The molecule has 0 aliphatic rings. The Morgan fingerprint density at radius 3 is 0.866 bits per heavy atom. The summed E-state index contributed by atoms with van der Waals surface area (Å²) >= 11 is 0. The first-order valence-electron chi connectivity index (χ1n) is 42.0. The molecule has 0 unspecified atom stereocenters. The van der Waals surface area contributed by atoms with E-state index in [-0.39, 0.29) is 121 Å². The van der Waals surface area contributed by atoms with E-state index in [1.807, 2.05) is 124 Å². The average molecular weight is 1640 g/mol. The van der Waals surface area contributed by atoms with Crippen molar-refractivity contribution in [1.82, 2.24) is 0 Å². The van der Waals surface area contributed by atoms with Gasteiger partial charge < -0.3 is 43.3 Å². The van der Waals surface area contributed by atoms with Crippen LogP contribution in [0, 0.1) is 23.7 Å². The second-order valence-corrected chi connectivity index (χ2v) is 36.0. The van der Waals surface area contributed by atoms with Gasteiger partial charge in [-0.3, -0.25) is 0 Å². The zero-order chi connectivity index (χ0) is 91.7. The van der Waals surface area contributed by atoms with Crippen molar-refractivity contribution < 1.29 is 34.7 Å². The van der Waals surface area contributed by atoms with E-state index in [1.54, 1.807) is 53.7 Å². The molecule has 0 saturated heterocycles. The number of hydrogen-bond acceptors (Lipinski definition) is 10. The minimum Gasteiger partial charge on any atom is -0.496 e. The van der Waals surface area contributed by atoms with Gasteiger partial charge in [0.2, 0.25) is 0 Å². The molecule has 9 rings (SSSR count). The summed E-state index contributed by atoms with van der Waals surface area (Å²) in [7, 11) is 21.0. The molecule has 666 valence electrons. The molecule has 0 N–H and O–H groups in total. The van der Waals surface area contributed by atoms with E-state index in [0.717, 1.165) is 56.5 Å². The van der Waals surface area contributed by atoms with Gasteiger partial charge in [-0.25, -0.2) is 0 Å². The maximum Gasteiger partial charge on any atom is 0.131 e. The minimum atomic E-state index is -2.10. The maximum atomic E-state index is 8.83. The molecule has 10 nitrogen and oxygen atoms in total. The quantitative estimate of drug-likeness (QED) is 0.124. The molecular formula is C109H175N5O5. The van der Waals surface area contributed by atoms with Crippen LogP contribution in [0.15, 0.2) is 206 Å². The number of terminal acetylenes is 1. The molecule has 0 bridgehead atoms. The number of nitrogens with zero attached hydrogens (tertiary/aromatic N) is 5. The Morgan fingerprint density at radius 1 is 0.311 bits per heavy atom. The van der Waals surface area contributed by atoms with E-state index in [9.17, 15) is 0 Å². The zero-order valence-corrected chi connectivity index (χ0v) is 74.6. The molecule has 0 fully saturated rings. The van der Waals surface area contributed by atoms with Crippen molar-refractivity contribution in [3.8, 4) is 52.9 Å². The Morgan fingerprint density at radius 2 is 0.588 bits per heavy atom. The Bertz CT molecular complexity index is 4600. The number of methoxy groups -OCH3 is 4.